The van der Waals surface area contributed by atoms with Crippen molar-refractivity contribution in [2.75, 3.05) is 11.9 Å². The third kappa shape index (κ3) is 4.51. The Hall–Kier alpha value is -2.62. The minimum absolute atomic E-state index is 0.0332. The van der Waals surface area contributed by atoms with Gasteiger partial charge in [0.25, 0.3) is 5.91 Å². The molecule has 2 aromatic carbocycles. The lowest BCUT2D eigenvalue weighted by molar-refractivity contribution is -0.117. The molecular formula is C22H26N2O2. The second-order valence-corrected chi connectivity index (χ2v) is 6.94. The first-order chi connectivity index (χ1) is 12.6. The fourth-order valence-electron chi connectivity index (χ4n) is 3.49. The fourth-order valence-corrected chi connectivity index (χ4v) is 3.49. The third-order valence-electron chi connectivity index (χ3n) is 5.02. The molecule has 1 N–H and O–H groups in total. The van der Waals surface area contributed by atoms with E-state index in [4.69, 9.17) is 0 Å². The summed E-state index contributed by atoms with van der Waals surface area (Å²) in [5, 5.41) is 3.14. The number of carbonyl (C=O) groups is 2. The van der Waals surface area contributed by atoms with Crippen molar-refractivity contribution in [3.8, 4) is 0 Å². The molecule has 2 aromatic rings. The van der Waals surface area contributed by atoms with Crippen molar-refractivity contribution in [2.24, 2.45) is 0 Å². The number of likely N-dealkylation sites (N-methyl/N-ethyl adjacent to an activating group) is 1. The van der Waals surface area contributed by atoms with E-state index >= 15 is 0 Å². The first-order valence-electron chi connectivity index (χ1n) is 9.35. The smallest absolute Gasteiger partial charge is 0.253 e. The maximum Gasteiger partial charge on any atom is 0.253 e. The predicted molar refractivity (Wildman–Crippen MR) is 104 cm³/mol. The fraction of sp³-hybridized carbons (Fsp3) is 0.364. The van der Waals surface area contributed by atoms with Crippen LogP contribution in [0, 0.1) is 0 Å². The molecule has 0 saturated heterocycles. The van der Waals surface area contributed by atoms with E-state index in [0.29, 0.717) is 17.7 Å². The molecule has 1 aliphatic carbocycles. The van der Waals surface area contributed by atoms with E-state index in [-0.39, 0.29) is 17.9 Å². The highest BCUT2D eigenvalue weighted by Crippen LogP contribution is 2.22. The molecule has 26 heavy (non-hydrogen) atoms. The summed E-state index contributed by atoms with van der Waals surface area (Å²) in [5.74, 6) is -0.124. The number of anilines is 1. The number of hydrogen-bond acceptors (Lipinski definition) is 2. The number of para-hydroxylation sites is 1. The van der Waals surface area contributed by atoms with E-state index in [0.717, 1.165) is 18.4 Å². The first-order valence-corrected chi connectivity index (χ1v) is 9.35. The average Bonchev–Trinajstić information content (AvgIpc) is 2.69. The molecule has 0 aliphatic heterocycles. The Morgan fingerprint density at radius 1 is 0.962 bits per heavy atom. The van der Waals surface area contributed by atoms with Crippen LogP contribution in [-0.2, 0) is 11.2 Å². The lowest BCUT2D eigenvalue weighted by atomic mass is 9.95. The van der Waals surface area contributed by atoms with Crippen LogP contribution < -0.4 is 10.2 Å². The number of nitrogens with one attached hydrogen (secondary N) is 1. The summed E-state index contributed by atoms with van der Waals surface area (Å²) in [6.07, 6.45) is 5.98. The van der Waals surface area contributed by atoms with Gasteiger partial charge in [-0.2, -0.15) is 0 Å². The molecule has 0 radical (unpaired) electrons. The van der Waals surface area contributed by atoms with E-state index in [1.165, 1.54) is 19.3 Å². The second-order valence-electron chi connectivity index (χ2n) is 6.94. The summed E-state index contributed by atoms with van der Waals surface area (Å²) < 4.78 is 0. The van der Waals surface area contributed by atoms with E-state index in [9.17, 15) is 9.59 Å². The van der Waals surface area contributed by atoms with Crippen molar-refractivity contribution in [2.45, 2.75) is 44.6 Å². The predicted octanol–water partition coefficient (Wildman–Crippen LogP) is 3.95. The lowest BCUT2D eigenvalue weighted by Crippen LogP contribution is -2.37. The normalized spacial score (nSPS) is 14.7. The van der Waals surface area contributed by atoms with Crippen LogP contribution in [0.25, 0.3) is 0 Å². The SMILES string of the molecule is CN(C(=O)Cc1ccccc1)c1ccccc1C(=O)NC1CCCCC1. The Balaban J connectivity index is 1.73. The van der Waals surface area contributed by atoms with Crippen molar-refractivity contribution in [1.82, 2.24) is 5.32 Å². The van der Waals surface area contributed by atoms with Gasteiger partial charge < -0.3 is 10.2 Å². The lowest BCUT2D eigenvalue weighted by Gasteiger charge is -2.25. The number of benzene rings is 2. The van der Waals surface area contributed by atoms with Crippen LogP contribution in [0.1, 0.15) is 48.0 Å². The van der Waals surface area contributed by atoms with Gasteiger partial charge in [-0.25, -0.2) is 0 Å². The molecule has 2 amide bonds. The van der Waals surface area contributed by atoms with Gasteiger partial charge in [0.05, 0.1) is 17.7 Å². The van der Waals surface area contributed by atoms with Crippen LogP contribution in [0.5, 0.6) is 0 Å². The monoisotopic (exact) mass is 350 g/mol. The molecule has 0 spiro atoms. The van der Waals surface area contributed by atoms with Gasteiger partial charge in [0.15, 0.2) is 0 Å². The van der Waals surface area contributed by atoms with Crippen molar-refractivity contribution in [3.63, 3.8) is 0 Å². The Morgan fingerprint density at radius 3 is 2.35 bits per heavy atom. The van der Waals surface area contributed by atoms with Crippen LogP contribution >= 0.6 is 0 Å². The molecule has 0 bridgehead atoms. The molecule has 3 rings (SSSR count). The van der Waals surface area contributed by atoms with E-state index in [1.807, 2.05) is 48.5 Å². The van der Waals surface area contributed by atoms with Crippen LogP contribution in [0.15, 0.2) is 54.6 Å². The largest absolute Gasteiger partial charge is 0.349 e. The zero-order chi connectivity index (χ0) is 18.4. The van der Waals surface area contributed by atoms with Gasteiger partial charge in [-0.05, 0) is 30.5 Å². The van der Waals surface area contributed by atoms with Crippen molar-refractivity contribution in [1.29, 1.82) is 0 Å². The molecule has 1 fully saturated rings. The minimum atomic E-state index is -0.0909. The highest BCUT2D eigenvalue weighted by atomic mass is 16.2. The Morgan fingerprint density at radius 2 is 1.62 bits per heavy atom. The highest BCUT2D eigenvalue weighted by Gasteiger charge is 2.21. The molecule has 4 nitrogen and oxygen atoms in total. The van der Waals surface area contributed by atoms with Gasteiger partial charge >= 0.3 is 0 Å². The van der Waals surface area contributed by atoms with Crippen molar-refractivity contribution in [3.05, 3.63) is 65.7 Å². The molecule has 0 atom stereocenters. The van der Waals surface area contributed by atoms with Crippen LogP contribution in [0.3, 0.4) is 0 Å². The van der Waals surface area contributed by atoms with Crippen molar-refractivity contribution >= 4 is 17.5 Å². The minimum Gasteiger partial charge on any atom is -0.349 e. The average molecular weight is 350 g/mol. The highest BCUT2D eigenvalue weighted by molar-refractivity contribution is 6.05. The van der Waals surface area contributed by atoms with Crippen LogP contribution in [-0.4, -0.2) is 24.9 Å². The maximum atomic E-state index is 12.8. The standard InChI is InChI=1S/C22H26N2O2/c1-24(21(25)16-17-10-4-2-5-11-17)20-15-9-8-14-19(20)22(26)23-18-12-6-3-7-13-18/h2,4-5,8-11,14-15,18H,3,6-7,12-13,16H2,1H3,(H,23,26). The zero-order valence-corrected chi connectivity index (χ0v) is 15.3. The molecule has 136 valence electrons. The molecule has 0 unspecified atom stereocenters. The van der Waals surface area contributed by atoms with Gasteiger partial charge in [0.2, 0.25) is 5.91 Å². The van der Waals surface area contributed by atoms with Gasteiger partial charge in [-0.1, -0.05) is 61.7 Å². The van der Waals surface area contributed by atoms with E-state index in [1.54, 1.807) is 18.0 Å². The van der Waals surface area contributed by atoms with Gasteiger partial charge in [-0.15, -0.1) is 0 Å². The summed E-state index contributed by atoms with van der Waals surface area (Å²) in [4.78, 5) is 27.0. The number of hydrogen-bond donors (Lipinski definition) is 1. The third-order valence-corrected chi connectivity index (χ3v) is 5.02. The van der Waals surface area contributed by atoms with E-state index in [2.05, 4.69) is 5.32 Å². The molecule has 0 aromatic heterocycles. The van der Waals surface area contributed by atoms with Gasteiger partial charge in [0.1, 0.15) is 0 Å². The number of carbonyl (C=O) groups excluding carboxylic acids is 2. The molecule has 0 heterocycles. The summed E-state index contributed by atoms with van der Waals surface area (Å²) in [6, 6.07) is 17.2. The van der Waals surface area contributed by atoms with Gasteiger partial charge in [-0.3, -0.25) is 9.59 Å². The Labute approximate surface area is 155 Å². The quantitative estimate of drug-likeness (QED) is 0.887. The molecule has 4 heteroatoms. The summed E-state index contributed by atoms with van der Waals surface area (Å²) in [7, 11) is 1.73. The Bertz CT molecular complexity index is 752. The first kappa shape index (κ1) is 18.2. The number of rotatable bonds is 5. The second kappa shape index (κ2) is 8.65. The summed E-state index contributed by atoms with van der Waals surface area (Å²) in [6.45, 7) is 0. The molecular weight excluding hydrogens is 324 g/mol. The summed E-state index contributed by atoms with van der Waals surface area (Å²) in [5.41, 5.74) is 2.18. The van der Waals surface area contributed by atoms with Gasteiger partial charge in [0, 0.05) is 13.1 Å². The maximum absolute atomic E-state index is 12.8. The number of amides is 2. The van der Waals surface area contributed by atoms with Crippen LogP contribution in [0.4, 0.5) is 5.69 Å². The van der Waals surface area contributed by atoms with Crippen molar-refractivity contribution < 1.29 is 9.59 Å². The zero-order valence-electron chi connectivity index (χ0n) is 15.3. The van der Waals surface area contributed by atoms with Crippen LogP contribution in [0.2, 0.25) is 0 Å². The summed E-state index contributed by atoms with van der Waals surface area (Å²) >= 11 is 0. The topological polar surface area (TPSA) is 49.4 Å². The molecule has 1 aliphatic rings. The molecule has 1 saturated carbocycles. The number of nitrogens with zero attached hydrogens (tertiary/aromatic N) is 1. The Kier molecular flexibility index (Phi) is 6.05. The van der Waals surface area contributed by atoms with E-state index < -0.39 is 0 Å².